The third-order valence-corrected chi connectivity index (χ3v) is 3.15. The van der Waals surface area contributed by atoms with Gasteiger partial charge in [-0.05, 0) is 34.7 Å². The summed E-state index contributed by atoms with van der Waals surface area (Å²) < 4.78 is 2.06. The average molecular weight is 247 g/mol. The topological polar surface area (TPSA) is 58.5 Å². The molecular formula is C13H21N5. The molecule has 0 radical (unpaired) electrons. The third-order valence-electron chi connectivity index (χ3n) is 3.15. The Hall–Kier alpha value is -1.62. The molecule has 0 unspecified atom stereocenters. The van der Waals surface area contributed by atoms with E-state index in [0.29, 0.717) is 6.04 Å². The zero-order chi connectivity index (χ0) is 13.3. The fourth-order valence-electron chi connectivity index (χ4n) is 2.38. The molecule has 0 aliphatic heterocycles. The minimum Gasteiger partial charge on any atom is -0.316 e. The highest BCUT2D eigenvalue weighted by Crippen LogP contribution is 2.29. The van der Waals surface area contributed by atoms with Crippen molar-refractivity contribution >= 4 is 0 Å². The molecule has 0 aliphatic carbocycles. The van der Waals surface area contributed by atoms with E-state index in [1.807, 2.05) is 20.2 Å². The van der Waals surface area contributed by atoms with Crippen LogP contribution in [0, 0.1) is 13.8 Å². The highest BCUT2D eigenvalue weighted by molar-refractivity contribution is 5.67. The molecule has 2 heterocycles. The number of aromatic nitrogens is 4. The van der Waals surface area contributed by atoms with Gasteiger partial charge in [-0.15, -0.1) is 0 Å². The molecule has 0 bridgehead atoms. The molecule has 2 aromatic heterocycles. The highest BCUT2D eigenvalue weighted by Gasteiger charge is 2.18. The lowest BCUT2D eigenvalue weighted by Gasteiger charge is -2.08. The second-order valence-electron chi connectivity index (χ2n) is 4.88. The standard InChI is InChI=1S/C13H21N5/c1-8(2)18-10(4)12(9(3)17-18)13-11(6-14-5)7-15-16-13/h7-8,14H,6H2,1-5H3,(H,15,16). The lowest BCUT2D eigenvalue weighted by atomic mass is 10.1. The van der Waals surface area contributed by atoms with Gasteiger partial charge in [0.05, 0.1) is 17.6 Å². The quantitative estimate of drug-likeness (QED) is 0.870. The van der Waals surface area contributed by atoms with Crippen LogP contribution < -0.4 is 5.32 Å². The van der Waals surface area contributed by atoms with Gasteiger partial charge in [0.2, 0.25) is 0 Å². The van der Waals surface area contributed by atoms with E-state index in [1.165, 1.54) is 16.8 Å². The Morgan fingerprint density at radius 2 is 2.11 bits per heavy atom. The molecule has 0 aliphatic rings. The van der Waals surface area contributed by atoms with Gasteiger partial charge >= 0.3 is 0 Å². The van der Waals surface area contributed by atoms with Crippen LogP contribution >= 0.6 is 0 Å². The van der Waals surface area contributed by atoms with Crippen molar-refractivity contribution in [3.63, 3.8) is 0 Å². The highest BCUT2D eigenvalue weighted by atomic mass is 15.3. The summed E-state index contributed by atoms with van der Waals surface area (Å²) in [5.41, 5.74) is 5.65. The zero-order valence-corrected chi connectivity index (χ0v) is 11.7. The average Bonchev–Trinajstić information content (AvgIpc) is 2.84. The van der Waals surface area contributed by atoms with Gasteiger partial charge in [0.25, 0.3) is 0 Å². The van der Waals surface area contributed by atoms with Crippen molar-refractivity contribution in [1.29, 1.82) is 0 Å². The number of nitrogens with one attached hydrogen (secondary N) is 2. The van der Waals surface area contributed by atoms with Gasteiger partial charge < -0.3 is 5.32 Å². The van der Waals surface area contributed by atoms with E-state index < -0.39 is 0 Å². The Bertz CT molecular complexity index is 536. The van der Waals surface area contributed by atoms with Crippen molar-refractivity contribution in [2.45, 2.75) is 40.3 Å². The Balaban J connectivity index is 2.53. The zero-order valence-electron chi connectivity index (χ0n) is 11.7. The fraction of sp³-hybridized carbons (Fsp3) is 0.538. The Labute approximate surface area is 108 Å². The van der Waals surface area contributed by atoms with Gasteiger partial charge in [0, 0.05) is 29.4 Å². The summed E-state index contributed by atoms with van der Waals surface area (Å²) in [7, 11) is 1.94. The van der Waals surface area contributed by atoms with E-state index in [9.17, 15) is 0 Å². The van der Waals surface area contributed by atoms with Gasteiger partial charge in [-0.2, -0.15) is 10.2 Å². The molecule has 0 fully saturated rings. The second-order valence-corrected chi connectivity index (χ2v) is 4.88. The van der Waals surface area contributed by atoms with Crippen LogP contribution in [0.4, 0.5) is 0 Å². The third kappa shape index (κ3) is 2.06. The van der Waals surface area contributed by atoms with Crippen molar-refractivity contribution in [2.75, 3.05) is 7.05 Å². The minimum absolute atomic E-state index is 0.369. The number of aromatic amines is 1. The van der Waals surface area contributed by atoms with Crippen molar-refractivity contribution in [1.82, 2.24) is 25.3 Å². The number of hydrogen-bond donors (Lipinski definition) is 2. The summed E-state index contributed by atoms with van der Waals surface area (Å²) in [4.78, 5) is 0. The van der Waals surface area contributed by atoms with Crippen LogP contribution in [-0.2, 0) is 6.54 Å². The molecule has 0 atom stereocenters. The number of hydrogen-bond acceptors (Lipinski definition) is 3. The van der Waals surface area contributed by atoms with Crippen molar-refractivity contribution < 1.29 is 0 Å². The van der Waals surface area contributed by atoms with E-state index in [0.717, 1.165) is 17.9 Å². The van der Waals surface area contributed by atoms with E-state index in [4.69, 9.17) is 0 Å². The smallest absolute Gasteiger partial charge is 0.0732 e. The number of rotatable bonds is 4. The number of H-pyrrole nitrogens is 1. The number of nitrogens with zero attached hydrogens (tertiary/aromatic N) is 3. The molecule has 0 saturated carbocycles. The van der Waals surface area contributed by atoms with E-state index in [-0.39, 0.29) is 0 Å². The van der Waals surface area contributed by atoms with Gasteiger partial charge in [0.15, 0.2) is 0 Å². The van der Waals surface area contributed by atoms with Gasteiger partial charge in [0.1, 0.15) is 0 Å². The van der Waals surface area contributed by atoms with Crippen molar-refractivity contribution in [2.24, 2.45) is 0 Å². The lowest BCUT2D eigenvalue weighted by Crippen LogP contribution is -2.06. The van der Waals surface area contributed by atoms with Gasteiger partial charge in [-0.1, -0.05) is 0 Å². The predicted octanol–water partition coefficient (Wildman–Crippen LogP) is 2.19. The normalized spacial score (nSPS) is 11.4. The summed E-state index contributed by atoms with van der Waals surface area (Å²) in [5, 5.41) is 15.0. The molecule has 2 N–H and O–H groups in total. The SMILES string of the molecule is CNCc1cn[nH]c1-c1c(C)nn(C(C)C)c1C. The Kier molecular flexibility index (Phi) is 3.52. The maximum atomic E-state index is 4.62. The second kappa shape index (κ2) is 4.94. The Morgan fingerprint density at radius 1 is 1.39 bits per heavy atom. The van der Waals surface area contributed by atoms with Crippen LogP contribution in [0.3, 0.4) is 0 Å². The van der Waals surface area contributed by atoms with E-state index >= 15 is 0 Å². The van der Waals surface area contributed by atoms with Crippen LogP contribution in [0.25, 0.3) is 11.3 Å². The van der Waals surface area contributed by atoms with E-state index in [2.05, 4.69) is 46.1 Å². The molecule has 5 nitrogen and oxygen atoms in total. The largest absolute Gasteiger partial charge is 0.316 e. The molecular weight excluding hydrogens is 226 g/mol. The van der Waals surface area contributed by atoms with Gasteiger partial charge in [-0.3, -0.25) is 9.78 Å². The fourth-order valence-corrected chi connectivity index (χ4v) is 2.38. The summed E-state index contributed by atoms with van der Waals surface area (Å²) in [6.07, 6.45) is 1.87. The van der Waals surface area contributed by atoms with Gasteiger partial charge in [-0.25, -0.2) is 0 Å². The maximum absolute atomic E-state index is 4.62. The molecule has 2 aromatic rings. The molecule has 18 heavy (non-hydrogen) atoms. The molecule has 0 spiro atoms. The van der Waals surface area contributed by atoms with Crippen LogP contribution in [0.1, 0.15) is 36.8 Å². The molecule has 0 amide bonds. The van der Waals surface area contributed by atoms with E-state index in [1.54, 1.807) is 0 Å². The first kappa shape index (κ1) is 12.8. The molecule has 2 rings (SSSR count). The van der Waals surface area contributed by atoms with Crippen LogP contribution in [0.15, 0.2) is 6.20 Å². The van der Waals surface area contributed by atoms with Crippen molar-refractivity contribution in [3.8, 4) is 11.3 Å². The Morgan fingerprint density at radius 3 is 2.67 bits per heavy atom. The minimum atomic E-state index is 0.369. The lowest BCUT2D eigenvalue weighted by molar-refractivity contribution is 0.516. The summed E-state index contributed by atoms with van der Waals surface area (Å²) in [6.45, 7) is 9.25. The molecule has 98 valence electrons. The number of aryl methyl sites for hydroxylation is 1. The summed E-state index contributed by atoms with van der Waals surface area (Å²) in [5.74, 6) is 0. The molecule has 0 saturated heterocycles. The van der Waals surface area contributed by atoms with Crippen LogP contribution in [0.2, 0.25) is 0 Å². The first-order valence-corrected chi connectivity index (χ1v) is 6.29. The van der Waals surface area contributed by atoms with Crippen molar-refractivity contribution in [3.05, 3.63) is 23.1 Å². The van der Waals surface area contributed by atoms with Crippen LogP contribution in [0.5, 0.6) is 0 Å². The molecule has 0 aromatic carbocycles. The first-order valence-electron chi connectivity index (χ1n) is 6.29. The monoisotopic (exact) mass is 247 g/mol. The van der Waals surface area contributed by atoms with Crippen LogP contribution in [-0.4, -0.2) is 27.0 Å². The first-order chi connectivity index (χ1) is 8.56. The molecule has 5 heteroatoms. The summed E-state index contributed by atoms with van der Waals surface area (Å²) in [6, 6.07) is 0.369. The summed E-state index contributed by atoms with van der Waals surface area (Å²) >= 11 is 0. The maximum Gasteiger partial charge on any atom is 0.0732 e. The predicted molar refractivity (Wildman–Crippen MR) is 72.4 cm³/mol.